The highest BCUT2D eigenvalue weighted by Gasteiger charge is 2.15. The molecule has 1 heterocycles. The summed E-state index contributed by atoms with van der Waals surface area (Å²) in [4.78, 5) is 14.1. The smallest absolute Gasteiger partial charge is 0.312 e. The number of aliphatic hydroxyl groups is 1. The molecule has 7 nitrogen and oxygen atoms in total. The summed E-state index contributed by atoms with van der Waals surface area (Å²) in [5.41, 5.74) is -0.0382. The lowest BCUT2D eigenvalue weighted by Crippen LogP contribution is -2.06. The molecule has 0 aliphatic heterocycles. The van der Waals surface area contributed by atoms with Gasteiger partial charge in [-0.25, -0.2) is 4.98 Å². The van der Waals surface area contributed by atoms with Crippen molar-refractivity contribution in [1.29, 1.82) is 5.26 Å². The van der Waals surface area contributed by atoms with E-state index in [1.54, 1.807) is 0 Å². The van der Waals surface area contributed by atoms with Gasteiger partial charge in [-0.1, -0.05) is 0 Å². The van der Waals surface area contributed by atoms with Crippen LogP contribution >= 0.6 is 0 Å². The Bertz CT molecular complexity index is 456. The molecule has 18 heavy (non-hydrogen) atoms. The topological polar surface area (TPSA) is 112 Å². The van der Waals surface area contributed by atoms with Gasteiger partial charge < -0.3 is 10.4 Å². The molecule has 0 radical (unpaired) electrons. The molecule has 0 aliphatic rings. The van der Waals surface area contributed by atoms with Crippen molar-refractivity contribution in [2.24, 2.45) is 0 Å². The van der Waals surface area contributed by atoms with Crippen LogP contribution < -0.4 is 5.32 Å². The maximum absolute atomic E-state index is 10.8. The molecule has 1 aromatic heterocycles. The fraction of sp³-hybridized carbons (Fsp3) is 0.455. The number of nitro groups is 1. The van der Waals surface area contributed by atoms with Crippen LogP contribution in [0, 0.1) is 21.4 Å². The summed E-state index contributed by atoms with van der Waals surface area (Å²) in [6, 6.07) is 3.01. The van der Waals surface area contributed by atoms with Crippen molar-refractivity contribution >= 4 is 11.5 Å². The Morgan fingerprint density at radius 3 is 2.89 bits per heavy atom. The molecule has 0 saturated heterocycles. The first-order valence-corrected chi connectivity index (χ1v) is 5.58. The Labute approximate surface area is 104 Å². The van der Waals surface area contributed by atoms with Gasteiger partial charge in [0.25, 0.3) is 0 Å². The molecular weight excluding hydrogens is 236 g/mol. The van der Waals surface area contributed by atoms with Gasteiger partial charge in [0, 0.05) is 25.4 Å². The van der Waals surface area contributed by atoms with Gasteiger partial charge in [-0.15, -0.1) is 0 Å². The van der Waals surface area contributed by atoms with Crippen molar-refractivity contribution < 1.29 is 10.0 Å². The normalized spacial score (nSPS) is 9.78. The Kier molecular flexibility index (Phi) is 5.54. The second kappa shape index (κ2) is 7.19. The van der Waals surface area contributed by atoms with Gasteiger partial charge in [0.15, 0.2) is 0 Å². The Morgan fingerprint density at radius 2 is 2.28 bits per heavy atom. The number of aromatic nitrogens is 1. The number of hydrogen-bond acceptors (Lipinski definition) is 6. The standard InChI is InChI=1S/C11H14N4O3/c12-7-9-6-10(15(17)18)11(14-8-9)13-4-2-1-3-5-16/h6,8,16H,1-5H2,(H,13,14). The third kappa shape index (κ3) is 3.99. The van der Waals surface area contributed by atoms with Crippen LogP contribution in [-0.4, -0.2) is 28.2 Å². The summed E-state index contributed by atoms with van der Waals surface area (Å²) in [5, 5.41) is 30.9. The first kappa shape index (κ1) is 13.9. The monoisotopic (exact) mass is 250 g/mol. The van der Waals surface area contributed by atoms with Crippen LogP contribution in [0.3, 0.4) is 0 Å². The average molecular weight is 250 g/mol. The molecule has 0 atom stereocenters. The van der Waals surface area contributed by atoms with Crippen molar-refractivity contribution in [1.82, 2.24) is 4.98 Å². The first-order chi connectivity index (χ1) is 8.69. The second-order valence-electron chi connectivity index (χ2n) is 3.67. The minimum absolute atomic E-state index is 0.148. The van der Waals surface area contributed by atoms with E-state index in [0.717, 1.165) is 12.8 Å². The molecule has 0 aromatic carbocycles. The molecule has 0 unspecified atom stereocenters. The Hall–Kier alpha value is -2.20. The molecule has 7 heteroatoms. The van der Waals surface area contributed by atoms with E-state index in [1.165, 1.54) is 12.3 Å². The van der Waals surface area contributed by atoms with Gasteiger partial charge in [0.05, 0.1) is 10.5 Å². The number of aliphatic hydroxyl groups excluding tert-OH is 1. The molecular formula is C11H14N4O3. The number of nitrogens with one attached hydrogen (secondary N) is 1. The van der Waals surface area contributed by atoms with Crippen molar-refractivity contribution in [3.8, 4) is 6.07 Å². The van der Waals surface area contributed by atoms with E-state index in [-0.39, 0.29) is 23.7 Å². The largest absolute Gasteiger partial charge is 0.396 e. The van der Waals surface area contributed by atoms with Crippen LogP contribution in [0.5, 0.6) is 0 Å². The molecule has 0 saturated carbocycles. The van der Waals surface area contributed by atoms with Crippen LogP contribution in [0.15, 0.2) is 12.3 Å². The van der Waals surface area contributed by atoms with E-state index in [4.69, 9.17) is 10.4 Å². The fourth-order valence-electron chi connectivity index (χ4n) is 1.41. The van der Waals surface area contributed by atoms with Crippen molar-refractivity contribution in [2.45, 2.75) is 19.3 Å². The first-order valence-electron chi connectivity index (χ1n) is 5.58. The molecule has 0 bridgehead atoms. The quantitative estimate of drug-likeness (QED) is 0.430. The second-order valence-corrected chi connectivity index (χ2v) is 3.67. The zero-order valence-corrected chi connectivity index (χ0v) is 9.80. The summed E-state index contributed by atoms with van der Waals surface area (Å²) < 4.78 is 0. The highest BCUT2D eigenvalue weighted by Crippen LogP contribution is 2.22. The van der Waals surface area contributed by atoms with E-state index in [2.05, 4.69) is 10.3 Å². The van der Waals surface area contributed by atoms with E-state index >= 15 is 0 Å². The zero-order chi connectivity index (χ0) is 13.4. The number of anilines is 1. The molecule has 0 aliphatic carbocycles. The maximum Gasteiger partial charge on any atom is 0.312 e. The number of unbranched alkanes of at least 4 members (excludes halogenated alkanes) is 2. The highest BCUT2D eigenvalue weighted by molar-refractivity contribution is 5.58. The molecule has 0 fully saturated rings. The predicted octanol–water partition coefficient (Wildman–Crippen LogP) is 1.44. The number of nitriles is 1. The summed E-state index contributed by atoms with van der Waals surface area (Å²) >= 11 is 0. The number of rotatable bonds is 7. The number of nitrogens with zero attached hydrogens (tertiary/aromatic N) is 3. The summed E-state index contributed by atoms with van der Waals surface area (Å²) in [5.74, 6) is 0.169. The Morgan fingerprint density at radius 1 is 1.50 bits per heavy atom. The number of hydrogen-bond donors (Lipinski definition) is 2. The van der Waals surface area contributed by atoms with Crippen LogP contribution in [0.4, 0.5) is 11.5 Å². The zero-order valence-electron chi connectivity index (χ0n) is 9.80. The maximum atomic E-state index is 10.8. The Balaban J connectivity index is 2.65. The van der Waals surface area contributed by atoms with Gasteiger partial charge >= 0.3 is 5.69 Å². The lowest BCUT2D eigenvalue weighted by Gasteiger charge is -2.05. The van der Waals surface area contributed by atoms with Crippen LogP contribution in [0.2, 0.25) is 0 Å². The molecule has 2 N–H and O–H groups in total. The minimum Gasteiger partial charge on any atom is -0.396 e. The van der Waals surface area contributed by atoms with Gasteiger partial charge in [0.1, 0.15) is 6.07 Å². The third-order valence-electron chi connectivity index (χ3n) is 2.32. The van der Waals surface area contributed by atoms with Crippen molar-refractivity contribution in [2.75, 3.05) is 18.5 Å². The highest BCUT2D eigenvalue weighted by atomic mass is 16.6. The van der Waals surface area contributed by atoms with Gasteiger partial charge in [-0.2, -0.15) is 5.26 Å². The van der Waals surface area contributed by atoms with Gasteiger partial charge in [-0.3, -0.25) is 10.1 Å². The SMILES string of the molecule is N#Cc1cnc(NCCCCCO)c([N+](=O)[O-])c1. The minimum atomic E-state index is -0.566. The number of pyridine rings is 1. The fourth-order valence-corrected chi connectivity index (χ4v) is 1.41. The predicted molar refractivity (Wildman–Crippen MR) is 65.0 cm³/mol. The molecule has 0 spiro atoms. The van der Waals surface area contributed by atoms with Gasteiger partial charge in [0.2, 0.25) is 5.82 Å². The summed E-state index contributed by atoms with van der Waals surface area (Å²) in [7, 11) is 0. The lowest BCUT2D eigenvalue weighted by atomic mass is 10.2. The molecule has 96 valence electrons. The molecule has 1 rings (SSSR count). The van der Waals surface area contributed by atoms with Gasteiger partial charge in [-0.05, 0) is 19.3 Å². The van der Waals surface area contributed by atoms with Crippen LogP contribution in [0.1, 0.15) is 24.8 Å². The van der Waals surface area contributed by atoms with Crippen LogP contribution in [-0.2, 0) is 0 Å². The van der Waals surface area contributed by atoms with E-state index < -0.39 is 4.92 Å². The average Bonchev–Trinajstić information content (AvgIpc) is 2.38. The van der Waals surface area contributed by atoms with Crippen molar-refractivity contribution in [3.05, 3.63) is 27.9 Å². The van der Waals surface area contributed by atoms with Crippen LogP contribution in [0.25, 0.3) is 0 Å². The molecule has 1 aromatic rings. The lowest BCUT2D eigenvalue weighted by molar-refractivity contribution is -0.384. The van der Waals surface area contributed by atoms with E-state index in [0.29, 0.717) is 13.0 Å². The summed E-state index contributed by atoms with van der Waals surface area (Å²) in [6.45, 7) is 0.689. The third-order valence-corrected chi connectivity index (χ3v) is 2.32. The van der Waals surface area contributed by atoms with E-state index in [9.17, 15) is 10.1 Å². The summed E-state index contributed by atoms with van der Waals surface area (Å²) in [6.07, 6.45) is 3.64. The van der Waals surface area contributed by atoms with Crippen molar-refractivity contribution in [3.63, 3.8) is 0 Å². The molecule has 0 amide bonds. The van der Waals surface area contributed by atoms with E-state index in [1.807, 2.05) is 6.07 Å².